The Morgan fingerprint density at radius 3 is 2.39 bits per heavy atom. The molecule has 0 atom stereocenters. The Morgan fingerprint density at radius 2 is 1.67 bits per heavy atom. The number of benzene rings is 2. The Kier molecular flexibility index (Phi) is 6.08. The van der Waals surface area contributed by atoms with E-state index in [1.807, 2.05) is 36.6 Å². The molecule has 0 amide bonds. The van der Waals surface area contributed by atoms with Crippen molar-refractivity contribution in [3.05, 3.63) is 118 Å². The van der Waals surface area contributed by atoms with Gasteiger partial charge in [0.1, 0.15) is 5.76 Å². The third-order valence-corrected chi connectivity index (χ3v) is 6.10. The van der Waals surface area contributed by atoms with Crippen LogP contribution >= 0.6 is 0 Å². The summed E-state index contributed by atoms with van der Waals surface area (Å²) in [5, 5.41) is 5.00. The van der Waals surface area contributed by atoms with Gasteiger partial charge in [0, 0.05) is 22.3 Å². The number of Topliss-reactive ketones (excluding diaryl/α,β-unsaturated/α-hetero) is 1. The van der Waals surface area contributed by atoms with Crippen LogP contribution < -0.4 is 5.56 Å². The molecule has 5 rings (SSSR count). The SMILES string of the molecule is Cc1cc(C(=O)COC(=O)c2nn(-c3ccccc3)c(=O)c3ccccc23)c(C)n1Cc1ccco1. The highest BCUT2D eigenvalue weighted by atomic mass is 16.5. The van der Waals surface area contributed by atoms with E-state index >= 15 is 0 Å². The first-order valence-corrected chi connectivity index (χ1v) is 11.4. The lowest BCUT2D eigenvalue weighted by Gasteiger charge is -2.11. The summed E-state index contributed by atoms with van der Waals surface area (Å²) in [6.45, 7) is 3.79. The topological polar surface area (TPSA) is 96.3 Å². The zero-order chi connectivity index (χ0) is 25.2. The Hall–Kier alpha value is -4.72. The number of aryl methyl sites for hydroxylation is 1. The van der Waals surface area contributed by atoms with E-state index in [-0.39, 0.29) is 17.0 Å². The van der Waals surface area contributed by atoms with Crippen LogP contribution in [0.1, 0.15) is 38.0 Å². The molecule has 0 unspecified atom stereocenters. The molecule has 0 aliphatic rings. The summed E-state index contributed by atoms with van der Waals surface area (Å²) in [6.07, 6.45) is 1.60. The maximum Gasteiger partial charge on any atom is 0.359 e. The highest BCUT2D eigenvalue weighted by molar-refractivity contribution is 6.04. The van der Waals surface area contributed by atoms with Gasteiger partial charge in [0.25, 0.3) is 5.56 Å². The van der Waals surface area contributed by atoms with E-state index in [0.29, 0.717) is 28.6 Å². The highest BCUT2D eigenvalue weighted by Crippen LogP contribution is 2.19. The number of hydrogen-bond acceptors (Lipinski definition) is 6. The van der Waals surface area contributed by atoms with Crippen molar-refractivity contribution in [2.45, 2.75) is 20.4 Å². The normalized spacial score (nSPS) is 11.1. The molecule has 3 heterocycles. The zero-order valence-corrected chi connectivity index (χ0v) is 19.8. The maximum absolute atomic E-state index is 13.1. The molecule has 5 aromatic rings. The van der Waals surface area contributed by atoms with E-state index in [1.165, 1.54) is 4.68 Å². The molecule has 0 radical (unpaired) electrons. The van der Waals surface area contributed by atoms with Gasteiger partial charge in [0.15, 0.2) is 12.3 Å². The number of carbonyl (C=O) groups is 2. The molecule has 0 spiro atoms. The Balaban J connectivity index is 1.41. The molecular weight excluding hydrogens is 458 g/mol. The molecule has 0 fully saturated rings. The second-order valence-corrected chi connectivity index (χ2v) is 8.40. The summed E-state index contributed by atoms with van der Waals surface area (Å²) >= 11 is 0. The maximum atomic E-state index is 13.1. The van der Waals surface area contributed by atoms with E-state index in [0.717, 1.165) is 17.1 Å². The van der Waals surface area contributed by atoms with Crippen LogP contribution in [0.2, 0.25) is 0 Å². The van der Waals surface area contributed by atoms with Crippen LogP contribution in [0.3, 0.4) is 0 Å². The number of fused-ring (bicyclic) bond motifs is 1. The summed E-state index contributed by atoms with van der Waals surface area (Å²) in [5.74, 6) is -0.342. The van der Waals surface area contributed by atoms with Crippen LogP contribution in [-0.4, -0.2) is 32.7 Å². The number of rotatable bonds is 7. The summed E-state index contributed by atoms with van der Waals surface area (Å²) in [7, 11) is 0. The van der Waals surface area contributed by atoms with Crippen molar-refractivity contribution < 1.29 is 18.7 Å². The molecule has 36 heavy (non-hydrogen) atoms. The van der Waals surface area contributed by atoms with Gasteiger partial charge < -0.3 is 13.7 Å². The van der Waals surface area contributed by atoms with Crippen molar-refractivity contribution >= 4 is 22.5 Å². The van der Waals surface area contributed by atoms with Crippen molar-refractivity contribution in [1.29, 1.82) is 0 Å². The van der Waals surface area contributed by atoms with Crippen molar-refractivity contribution in [3.63, 3.8) is 0 Å². The molecule has 8 nitrogen and oxygen atoms in total. The van der Waals surface area contributed by atoms with Crippen LogP contribution in [-0.2, 0) is 11.3 Å². The number of hydrogen-bond donors (Lipinski definition) is 0. The Morgan fingerprint density at radius 1 is 0.944 bits per heavy atom. The van der Waals surface area contributed by atoms with Crippen molar-refractivity contribution in [3.8, 4) is 5.69 Å². The monoisotopic (exact) mass is 481 g/mol. The fraction of sp³-hybridized carbons (Fsp3) is 0.143. The summed E-state index contributed by atoms with van der Waals surface area (Å²) in [6, 6.07) is 21.0. The number of ketones is 1. The molecule has 0 aliphatic carbocycles. The molecule has 180 valence electrons. The van der Waals surface area contributed by atoms with E-state index in [2.05, 4.69) is 5.10 Å². The van der Waals surface area contributed by atoms with Crippen LogP contribution in [0.15, 0.2) is 88.3 Å². The predicted octanol–water partition coefficient (Wildman–Crippen LogP) is 4.49. The largest absolute Gasteiger partial charge is 0.467 e. The number of aromatic nitrogens is 3. The van der Waals surface area contributed by atoms with Crippen molar-refractivity contribution in [1.82, 2.24) is 14.3 Å². The number of ether oxygens (including phenoxy) is 1. The number of esters is 1. The highest BCUT2D eigenvalue weighted by Gasteiger charge is 2.22. The number of furan rings is 1. The van der Waals surface area contributed by atoms with E-state index < -0.39 is 12.6 Å². The average molecular weight is 482 g/mol. The molecule has 3 aromatic heterocycles. The van der Waals surface area contributed by atoms with Gasteiger partial charge in [0.05, 0.1) is 23.9 Å². The standard InChI is InChI=1S/C28H23N3O5/c1-18-15-24(19(2)30(18)16-21-11-8-14-35-21)25(32)17-36-28(34)26-22-12-6-7-13-23(22)27(33)31(29-26)20-9-4-3-5-10-20/h3-15H,16-17H2,1-2H3. The minimum Gasteiger partial charge on any atom is -0.467 e. The lowest BCUT2D eigenvalue weighted by atomic mass is 10.1. The van der Waals surface area contributed by atoms with Gasteiger partial charge in [-0.05, 0) is 50.2 Å². The average Bonchev–Trinajstić information content (AvgIpc) is 3.52. The van der Waals surface area contributed by atoms with E-state index in [9.17, 15) is 14.4 Å². The van der Waals surface area contributed by atoms with Gasteiger partial charge in [0.2, 0.25) is 5.78 Å². The fourth-order valence-electron chi connectivity index (χ4n) is 4.25. The third-order valence-electron chi connectivity index (χ3n) is 6.10. The number of nitrogens with zero attached hydrogens (tertiary/aromatic N) is 3. The number of para-hydroxylation sites is 1. The van der Waals surface area contributed by atoms with Crippen molar-refractivity contribution in [2.24, 2.45) is 0 Å². The van der Waals surface area contributed by atoms with Crippen LogP contribution in [0.25, 0.3) is 16.5 Å². The van der Waals surface area contributed by atoms with Gasteiger partial charge in [-0.3, -0.25) is 9.59 Å². The quantitative estimate of drug-likeness (QED) is 0.251. The van der Waals surface area contributed by atoms with E-state index in [1.54, 1.807) is 60.9 Å². The second kappa shape index (κ2) is 9.50. The lowest BCUT2D eigenvalue weighted by Crippen LogP contribution is -2.26. The van der Waals surface area contributed by atoms with Gasteiger partial charge in [-0.15, -0.1) is 0 Å². The second-order valence-electron chi connectivity index (χ2n) is 8.40. The molecule has 0 aliphatic heterocycles. The minimum atomic E-state index is -0.784. The van der Waals surface area contributed by atoms with Crippen LogP contribution in [0, 0.1) is 13.8 Å². The van der Waals surface area contributed by atoms with Gasteiger partial charge in [-0.1, -0.05) is 36.4 Å². The summed E-state index contributed by atoms with van der Waals surface area (Å²) in [4.78, 5) is 39.1. The smallest absolute Gasteiger partial charge is 0.359 e. The third kappa shape index (κ3) is 4.24. The van der Waals surface area contributed by atoms with Gasteiger partial charge in [-0.2, -0.15) is 9.78 Å². The summed E-state index contributed by atoms with van der Waals surface area (Å²) in [5.41, 5.74) is 2.24. The Labute approximate surface area is 206 Å². The van der Waals surface area contributed by atoms with E-state index in [4.69, 9.17) is 9.15 Å². The predicted molar refractivity (Wildman–Crippen MR) is 134 cm³/mol. The first-order chi connectivity index (χ1) is 17.4. The van der Waals surface area contributed by atoms with Gasteiger partial charge >= 0.3 is 5.97 Å². The lowest BCUT2D eigenvalue weighted by molar-refractivity contribution is 0.0469. The first-order valence-electron chi connectivity index (χ1n) is 11.4. The molecular formula is C28H23N3O5. The molecule has 0 saturated heterocycles. The Bertz CT molecular complexity index is 1630. The van der Waals surface area contributed by atoms with Crippen LogP contribution in [0.4, 0.5) is 0 Å². The summed E-state index contributed by atoms with van der Waals surface area (Å²) < 4.78 is 14.0. The van der Waals surface area contributed by atoms with Crippen LogP contribution in [0.5, 0.6) is 0 Å². The molecule has 0 bridgehead atoms. The van der Waals surface area contributed by atoms with Crippen molar-refractivity contribution in [2.75, 3.05) is 6.61 Å². The molecule has 0 saturated carbocycles. The zero-order valence-electron chi connectivity index (χ0n) is 19.8. The molecule has 8 heteroatoms. The minimum absolute atomic E-state index is 0.0369. The number of carbonyl (C=O) groups excluding carboxylic acids is 2. The molecule has 2 aromatic carbocycles. The first kappa shape index (κ1) is 23.0. The fourth-order valence-corrected chi connectivity index (χ4v) is 4.25. The molecule has 0 N–H and O–H groups in total. The van der Waals surface area contributed by atoms with Gasteiger partial charge in [-0.25, -0.2) is 4.79 Å².